The first-order valence-corrected chi connectivity index (χ1v) is 16.0. The molecule has 8 rings (SSSR count). The summed E-state index contributed by atoms with van der Waals surface area (Å²) in [5.74, 6) is 0. The number of nitriles is 1. The molecule has 1 heterocycles. The predicted molar refractivity (Wildman–Crippen MR) is 195 cm³/mol. The number of allylic oxidation sites excluding steroid dienone is 1. The molecule has 0 N–H and O–H groups in total. The zero-order chi connectivity index (χ0) is 31.4. The Morgan fingerprint density at radius 3 is 1.80 bits per heavy atom. The minimum Gasteiger partial charge on any atom is -0.310 e. The smallest absolute Gasteiger partial charge is 0.263 e. The molecule has 0 spiro atoms. The second-order valence-electron chi connectivity index (χ2n) is 11.7. The fraction of sp³-hybridized carbons (Fsp3) is 0.0476. The van der Waals surface area contributed by atoms with Crippen molar-refractivity contribution in [2.45, 2.75) is 13.8 Å². The fourth-order valence-corrected chi connectivity index (χ4v) is 7.70. The summed E-state index contributed by atoms with van der Waals surface area (Å²) in [7, 11) is 0. The second-order valence-corrected chi connectivity index (χ2v) is 12.8. The number of nitrogens with zero attached hydrogens (tertiary/aromatic N) is 3. The largest absolute Gasteiger partial charge is 0.310 e. The van der Waals surface area contributed by atoms with Gasteiger partial charge in [0.1, 0.15) is 0 Å². The number of hydrogen-bond acceptors (Lipinski definition) is 3. The Bertz CT molecular complexity index is 2480. The molecule has 0 amide bonds. The third kappa shape index (κ3) is 4.39. The van der Waals surface area contributed by atoms with Crippen molar-refractivity contribution in [1.29, 1.82) is 5.26 Å². The van der Waals surface area contributed by atoms with E-state index in [9.17, 15) is 5.26 Å². The van der Waals surface area contributed by atoms with Crippen molar-refractivity contribution in [3.05, 3.63) is 154 Å². The highest BCUT2D eigenvalue weighted by molar-refractivity contribution is 7.16. The van der Waals surface area contributed by atoms with Gasteiger partial charge in [-0.3, -0.25) is 0 Å². The van der Waals surface area contributed by atoms with E-state index in [1.165, 1.54) is 54.2 Å². The van der Waals surface area contributed by atoms with Crippen LogP contribution >= 0.6 is 11.3 Å². The SMILES string of the molecule is [C-]#[N+]/C(C#N)=C\c1ccc(-c2ccc3c4ccc(N(c5ccc(C)cc5)c5ccc(C)cc5)c5cccc(c6cccc2c63)c54)s1. The molecule has 0 aliphatic heterocycles. The van der Waals surface area contributed by atoms with Crippen LogP contribution in [0.4, 0.5) is 17.1 Å². The van der Waals surface area contributed by atoms with E-state index < -0.39 is 0 Å². The van der Waals surface area contributed by atoms with Gasteiger partial charge in [-0.15, -0.1) is 11.3 Å². The standard InChI is InChI=1S/C42H27N3S/c1-26-10-14-29(15-11-26)45(30-16-12-27(2)13-17-30)39-22-21-37-36-20-19-32(40-23-18-31(46-40)24-28(25-43)44-3)33-6-4-7-34(41(33)36)35-8-5-9-38(39)42(35)37/h4-24H,1-2H3/b28-24-. The molecule has 216 valence electrons. The lowest BCUT2D eigenvalue weighted by Crippen LogP contribution is -2.10. The van der Waals surface area contributed by atoms with Crippen molar-refractivity contribution >= 4 is 77.6 Å². The van der Waals surface area contributed by atoms with Crippen LogP contribution in [-0.2, 0) is 0 Å². The molecule has 8 aromatic rings. The molecule has 0 aliphatic carbocycles. The number of benzene rings is 7. The highest BCUT2D eigenvalue weighted by Gasteiger charge is 2.20. The summed E-state index contributed by atoms with van der Waals surface area (Å²) in [6.07, 6.45) is 1.66. The zero-order valence-corrected chi connectivity index (χ0v) is 26.2. The van der Waals surface area contributed by atoms with E-state index in [1.807, 2.05) is 12.1 Å². The van der Waals surface area contributed by atoms with E-state index in [-0.39, 0.29) is 5.70 Å². The number of anilines is 3. The molecule has 0 unspecified atom stereocenters. The third-order valence-corrected chi connectivity index (χ3v) is 9.94. The molecule has 0 aliphatic rings. The summed E-state index contributed by atoms with van der Waals surface area (Å²) in [5, 5.41) is 19.1. The molecule has 0 fully saturated rings. The number of fused-ring (bicyclic) bond motifs is 2. The number of hydrogen-bond donors (Lipinski definition) is 0. The minimum absolute atomic E-state index is 0.0951. The van der Waals surface area contributed by atoms with Crippen LogP contribution < -0.4 is 4.90 Å². The first-order chi connectivity index (χ1) is 22.5. The zero-order valence-electron chi connectivity index (χ0n) is 25.4. The van der Waals surface area contributed by atoms with Crippen molar-refractivity contribution in [3.8, 4) is 16.5 Å². The molecule has 46 heavy (non-hydrogen) atoms. The van der Waals surface area contributed by atoms with Crippen molar-refractivity contribution in [3.63, 3.8) is 0 Å². The first-order valence-electron chi connectivity index (χ1n) is 15.2. The molecule has 0 atom stereocenters. The summed E-state index contributed by atoms with van der Waals surface area (Å²) in [6, 6.07) is 45.9. The fourth-order valence-electron chi connectivity index (χ4n) is 6.72. The summed E-state index contributed by atoms with van der Waals surface area (Å²) >= 11 is 1.60. The molecule has 0 bridgehead atoms. The maximum Gasteiger partial charge on any atom is 0.263 e. The maximum absolute atomic E-state index is 9.24. The summed E-state index contributed by atoms with van der Waals surface area (Å²) in [4.78, 5) is 7.71. The van der Waals surface area contributed by atoms with Gasteiger partial charge in [-0.1, -0.05) is 90.0 Å². The highest BCUT2D eigenvalue weighted by atomic mass is 32.1. The Morgan fingerprint density at radius 1 is 0.652 bits per heavy atom. The van der Waals surface area contributed by atoms with Gasteiger partial charge < -0.3 is 4.90 Å². The third-order valence-electron chi connectivity index (χ3n) is 8.87. The van der Waals surface area contributed by atoms with Gasteiger partial charge in [-0.2, -0.15) is 0 Å². The van der Waals surface area contributed by atoms with Gasteiger partial charge in [-0.05, 0) is 106 Å². The van der Waals surface area contributed by atoms with Crippen molar-refractivity contribution in [2.75, 3.05) is 4.90 Å². The molecule has 3 nitrogen and oxygen atoms in total. The van der Waals surface area contributed by atoms with E-state index in [4.69, 9.17) is 6.57 Å². The summed E-state index contributed by atoms with van der Waals surface area (Å²) < 4.78 is 0. The van der Waals surface area contributed by atoms with Gasteiger partial charge in [-0.25, -0.2) is 10.1 Å². The molecule has 7 aromatic carbocycles. The van der Waals surface area contributed by atoms with Gasteiger partial charge in [0.05, 0.1) is 18.3 Å². The Hall–Kier alpha value is -5.94. The Labute approximate surface area is 271 Å². The molecule has 0 saturated heterocycles. The Morgan fingerprint density at radius 2 is 1.20 bits per heavy atom. The van der Waals surface area contributed by atoms with Crippen LogP contribution in [0.3, 0.4) is 0 Å². The van der Waals surface area contributed by atoms with Crippen LogP contribution in [0, 0.1) is 31.8 Å². The average Bonchev–Trinajstić information content (AvgIpc) is 3.56. The van der Waals surface area contributed by atoms with Gasteiger partial charge in [0, 0.05) is 26.5 Å². The minimum atomic E-state index is 0.0951. The van der Waals surface area contributed by atoms with Crippen LogP contribution in [0.5, 0.6) is 0 Å². The van der Waals surface area contributed by atoms with Crippen molar-refractivity contribution in [2.24, 2.45) is 0 Å². The molecule has 1 aromatic heterocycles. The Kier molecular flexibility index (Phi) is 6.54. The monoisotopic (exact) mass is 605 g/mol. The van der Waals surface area contributed by atoms with Crippen LogP contribution in [0.1, 0.15) is 16.0 Å². The molecule has 0 saturated carbocycles. The van der Waals surface area contributed by atoms with Gasteiger partial charge in [0.25, 0.3) is 5.70 Å². The molecule has 0 radical (unpaired) electrons. The number of rotatable bonds is 5. The van der Waals surface area contributed by atoms with Crippen LogP contribution in [0.2, 0.25) is 0 Å². The van der Waals surface area contributed by atoms with Crippen molar-refractivity contribution < 1.29 is 0 Å². The van der Waals surface area contributed by atoms with Crippen LogP contribution in [-0.4, -0.2) is 0 Å². The molecule has 4 heteroatoms. The first kappa shape index (κ1) is 27.6. The topological polar surface area (TPSA) is 31.4 Å². The van der Waals surface area contributed by atoms with E-state index in [2.05, 4.69) is 139 Å². The van der Waals surface area contributed by atoms with Crippen LogP contribution in [0.25, 0.3) is 64.5 Å². The van der Waals surface area contributed by atoms with E-state index >= 15 is 0 Å². The quantitative estimate of drug-likeness (QED) is 0.0846. The summed E-state index contributed by atoms with van der Waals surface area (Å²) in [5.41, 5.74) is 7.12. The predicted octanol–water partition coefficient (Wildman–Crippen LogP) is 12.3. The number of thiophene rings is 1. The lowest BCUT2D eigenvalue weighted by molar-refractivity contribution is 1.28. The average molecular weight is 606 g/mol. The molecular weight excluding hydrogens is 579 g/mol. The van der Waals surface area contributed by atoms with Gasteiger partial charge in [0.15, 0.2) is 0 Å². The normalized spacial score (nSPS) is 11.8. The maximum atomic E-state index is 9.24. The lowest BCUT2D eigenvalue weighted by Gasteiger charge is -2.28. The van der Waals surface area contributed by atoms with E-state index in [0.717, 1.165) is 32.4 Å². The Balaban J connectivity index is 1.38. The van der Waals surface area contributed by atoms with Gasteiger partial charge >= 0.3 is 0 Å². The van der Waals surface area contributed by atoms with Gasteiger partial charge in [0.2, 0.25) is 0 Å². The van der Waals surface area contributed by atoms with Crippen LogP contribution in [0.15, 0.2) is 127 Å². The lowest BCUT2D eigenvalue weighted by atomic mass is 9.87. The van der Waals surface area contributed by atoms with E-state index in [1.54, 1.807) is 17.4 Å². The van der Waals surface area contributed by atoms with E-state index in [0.29, 0.717) is 0 Å². The second kappa shape index (κ2) is 10.9. The summed E-state index contributed by atoms with van der Waals surface area (Å²) in [6.45, 7) is 11.5. The highest BCUT2D eigenvalue weighted by Crippen LogP contribution is 2.47. The van der Waals surface area contributed by atoms with Crippen molar-refractivity contribution in [1.82, 2.24) is 0 Å². The number of aryl methyl sites for hydroxylation is 2. The molecular formula is C42H27N3S.